The van der Waals surface area contributed by atoms with E-state index in [0.717, 1.165) is 55.4 Å². The van der Waals surface area contributed by atoms with Crippen molar-refractivity contribution in [3.8, 4) is 0 Å². The quantitative estimate of drug-likeness (QED) is 0.219. The Kier molecular flexibility index (Phi) is 4.27. The third kappa shape index (κ3) is 2.98. The summed E-state index contributed by atoms with van der Waals surface area (Å²) in [7, 11) is 0. The number of benzene rings is 4. The zero-order valence-electron chi connectivity index (χ0n) is 21.0. The minimum Gasteiger partial charge on any atom is -0.392 e. The van der Waals surface area contributed by atoms with Crippen LogP contribution in [0.5, 0.6) is 0 Å². The molecule has 2 aliphatic heterocycles. The highest BCUT2D eigenvalue weighted by molar-refractivity contribution is 6.08. The van der Waals surface area contributed by atoms with E-state index in [2.05, 4.69) is 110 Å². The van der Waals surface area contributed by atoms with Crippen molar-refractivity contribution in [2.75, 3.05) is 21.3 Å². The molecular weight excluding hydrogens is 448 g/mol. The zero-order chi connectivity index (χ0) is 25.0. The average Bonchev–Trinajstić information content (AvgIpc) is 2.81. The van der Waals surface area contributed by atoms with Crippen LogP contribution in [0.2, 0.25) is 0 Å². The number of aliphatic hydroxyl groups is 2. The summed E-state index contributed by atoms with van der Waals surface area (Å²) in [5, 5.41) is 42.1. The first kappa shape index (κ1) is 21.8. The molecule has 1 saturated carbocycles. The molecule has 0 saturated heterocycles. The molecule has 2 heterocycles. The smallest absolute Gasteiger partial charge is 0.102 e. The maximum absolute atomic E-state index is 11.6. The molecule has 36 heavy (non-hydrogen) atoms. The van der Waals surface area contributed by atoms with Crippen molar-refractivity contribution in [3.05, 3.63) is 71.8 Å². The SMILES string of the molecule is CC1(C)Nc2cccc3ccc(C4C(O)C(c5ccc6cccc7c6c5NC(C)(C)N7)C4O)c(c23)N1. The van der Waals surface area contributed by atoms with Crippen molar-refractivity contribution in [2.24, 2.45) is 0 Å². The molecular formula is C30H32N4O2. The van der Waals surface area contributed by atoms with Crippen LogP contribution in [0.15, 0.2) is 60.7 Å². The minimum absolute atomic E-state index is 0.349. The van der Waals surface area contributed by atoms with E-state index < -0.39 is 12.2 Å². The highest BCUT2D eigenvalue weighted by atomic mass is 16.3. The van der Waals surface area contributed by atoms with Gasteiger partial charge in [-0.05, 0) is 61.7 Å². The Balaban J connectivity index is 1.33. The van der Waals surface area contributed by atoms with E-state index in [9.17, 15) is 10.2 Å². The van der Waals surface area contributed by atoms with Gasteiger partial charge in [-0.3, -0.25) is 0 Å². The Hall–Kier alpha value is -3.48. The molecule has 0 aromatic heterocycles. The molecule has 0 amide bonds. The van der Waals surface area contributed by atoms with E-state index in [1.54, 1.807) is 0 Å². The van der Waals surface area contributed by atoms with Gasteiger partial charge in [-0.2, -0.15) is 0 Å². The maximum atomic E-state index is 11.6. The Labute approximate surface area is 210 Å². The summed E-state index contributed by atoms with van der Waals surface area (Å²) in [5.74, 6) is -0.756. The van der Waals surface area contributed by atoms with Gasteiger partial charge in [0, 0.05) is 45.4 Å². The highest BCUT2D eigenvalue weighted by Gasteiger charge is 2.52. The molecule has 4 aromatic carbocycles. The molecule has 0 spiro atoms. The molecule has 184 valence electrons. The van der Waals surface area contributed by atoms with E-state index in [1.807, 2.05) is 0 Å². The molecule has 1 aliphatic carbocycles. The van der Waals surface area contributed by atoms with Crippen LogP contribution >= 0.6 is 0 Å². The van der Waals surface area contributed by atoms with Crippen LogP contribution in [0.3, 0.4) is 0 Å². The maximum Gasteiger partial charge on any atom is 0.102 e. The largest absolute Gasteiger partial charge is 0.392 e. The third-order valence-electron chi connectivity index (χ3n) is 8.11. The highest BCUT2D eigenvalue weighted by Crippen LogP contribution is 2.55. The second kappa shape index (κ2) is 7.05. The summed E-state index contributed by atoms with van der Waals surface area (Å²) in [6.45, 7) is 8.39. The van der Waals surface area contributed by atoms with Crippen LogP contribution in [-0.2, 0) is 0 Å². The Bertz CT molecular complexity index is 1430. The summed E-state index contributed by atoms with van der Waals surface area (Å²) in [4.78, 5) is 0. The Morgan fingerprint density at radius 2 is 0.972 bits per heavy atom. The van der Waals surface area contributed by atoms with E-state index in [1.165, 1.54) is 0 Å². The number of hydrogen-bond acceptors (Lipinski definition) is 6. The molecule has 6 N–H and O–H groups in total. The summed E-state index contributed by atoms with van der Waals surface area (Å²) in [6, 6.07) is 20.8. The molecule has 0 radical (unpaired) electrons. The van der Waals surface area contributed by atoms with Crippen molar-refractivity contribution in [1.29, 1.82) is 0 Å². The van der Waals surface area contributed by atoms with Crippen LogP contribution in [0.25, 0.3) is 21.5 Å². The number of aliphatic hydroxyl groups excluding tert-OH is 2. The molecule has 4 aromatic rings. The van der Waals surface area contributed by atoms with Crippen LogP contribution in [0, 0.1) is 0 Å². The molecule has 0 atom stereocenters. The predicted molar refractivity (Wildman–Crippen MR) is 148 cm³/mol. The normalized spacial score (nSPS) is 26.8. The Morgan fingerprint density at radius 1 is 0.556 bits per heavy atom. The second-order valence-corrected chi connectivity index (χ2v) is 11.6. The van der Waals surface area contributed by atoms with Crippen molar-refractivity contribution in [3.63, 3.8) is 0 Å². The van der Waals surface area contributed by atoms with Gasteiger partial charge in [-0.15, -0.1) is 0 Å². The van der Waals surface area contributed by atoms with Gasteiger partial charge in [0.05, 0.1) is 12.2 Å². The van der Waals surface area contributed by atoms with Gasteiger partial charge >= 0.3 is 0 Å². The number of rotatable bonds is 2. The Morgan fingerprint density at radius 3 is 1.39 bits per heavy atom. The molecule has 7 rings (SSSR count). The van der Waals surface area contributed by atoms with Crippen molar-refractivity contribution in [2.45, 2.75) is 63.1 Å². The summed E-state index contributed by atoms with van der Waals surface area (Å²) in [5.41, 5.74) is 5.36. The van der Waals surface area contributed by atoms with Crippen LogP contribution < -0.4 is 21.3 Å². The summed E-state index contributed by atoms with van der Waals surface area (Å²) < 4.78 is 0. The lowest BCUT2D eigenvalue weighted by Crippen LogP contribution is -2.53. The van der Waals surface area contributed by atoms with E-state index in [-0.39, 0.29) is 23.2 Å². The van der Waals surface area contributed by atoms with Gasteiger partial charge in [0.15, 0.2) is 0 Å². The van der Waals surface area contributed by atoms with Crippen LogP contribution in [-0.4, -0.2) is 33.7 Å². The first-order valence-corrected chi connectivity index (χ1v) is 12.7. The van der Waals surface area contributed by atoms with Crippen molar-refractivity contribution >= 4 is 44.3 Å². The second-order valence-electron chi connectivity index (χ2n) is 11.6. The monoisotopic (exact) mass is 480 g/mol. The molecule has 0 bridgehead atoms. The average molecular weight is 481 g/mol. The fourth-order valence-corrected chi connectivity index (χ4v) is 6.63. The standard InChI is InChI=1S/C30H32N4O2/c1-29(2)31-19-9-5-7-15-11-13-17(25(33-29)21(15)19)23-27(35)24(28(23)36)18-14-12-16-8-6-10-20-22(16)26(18)34-30(3,4)32-20/h5-14,23-24,27-28,31-36H,1-4H3. The van der Waals surface area contributed by atoms with Crippen LogP contribution in [0.4, 0.5) is 22.7 Å². The lowest BCUT2D eigenvalue weighted by Gasteiger charge is -2.50. The number of nitrogens with one attached hydrogen (secondary N) is 4. The van der Waals surface area contributed by atoms with Gasteiger partial charge in [-0.1, -0.05) is 48.5 Å². The predicted octanol–water partition coefficient (Wildman–Crippen LogP) is 5.74. The van der Waals surface area contributed by atoms with Crippen LogP contribution in [0.1, 0.15) is 50.7 Å². The summed E-state index contributed by atoms with van der Waals surface area (Å²) in [6.07, 6.45) is -1.41. The molecule has 6 nitrogen and oxygen atoms in total. The van der Waals surface area contributed by atoms with E-state index in [4.69, 9.17) is 0 Å². The zero-order valence-corrected chi connectivity index (χ0v) is 21.0. The first-order chi connectivity index (χ1) is 17.1. The fraction of sp³-hybridized carbons (Fsp3) is 0.333. The van der Waals surface area contributed by atoms with E-state index >= 15 is 0 Å². The topological polar surface area (TPSA) is 88.6 Å². The van der Waals surface area contributed by atoms with Gasteiger partial charge in [0.2, 0.25) is 0 Å². The molecule has 1 fully saturated rings. The number of hydrogen-bond donors (Lipinski definition) is 6. The van der Waals surface area contributed by atoms with Gasteiger partial charge < -0.3 is 31.5 Å². The van der Waals surface area contributed by atoms with E-state index in [0.29, 0.717) is 0 Å². The molecule has 0 unspecified atom stereocenters. The minimum atomic E-state index is -0.707. The van der Waals surface area contributed by atoms with Crippen molar-refractivity contribution in [1.82, 2.24) is 0 Å². The molecule has 6 heteroatoms. The van der Waals surface area contributed by atoms with Gasteiger partial charge in [0.25, 0.3) is 0 Å². The molecule has 3 aliphatic rings. The summed E-state index contributed by atoms with van der Waals surface area (Å²) >= 11 is 0. The van der Waals surface area contributed by atoms with Crippen molar-refractivity contribution < 1.29 is 10.2 Å². The van der Waals surface area contributed by atoms with Gasteiger partial charge in [-0.25, -0.2) is 0 Å². The lowest BCUT2D eigenvalue weighted by atomic mass is 9.62. The number of anilines is 4. The third-order valence-corrected chi connectivity index (χ3v) is 8.11. The first-order valence-electron chi connectivity index (χ1n) is 12.7. The fourth-order valence-electron chi connectivity index (χ4n) is 6.63. The van der Waals surface area contributed by atoms with Gasteiger partial charge in [0.1, 0.15) is 11.3 Å². The lowest BCUT2D eigenvalue weighted by molar-refractivity contribution is -0.0780.